The molecule has 29 heavy (non-hydrogen) atoms. The van der Waals surface area contributed by atoms with Crippen molar-refractivity contribution in [2.24, 2.45) is 5.92 Å². The van der Waals surface area contributed by atoms with Crippen molar-refractivity contribution in [2.45, 2.75) is 65.0 Å². The molecule has 0 aromatic carbocycles. The number of nitrogens with one attached hydrogen (secondary N) is 1. The second-order valence-corrected chi connectivity index (χ2v) is 9.06. The Morgan fingerprint density at radius 2 is 1.90 bits per heavy atom. The molecule has 7 nitrogen and oxygen atoms in total. The van der Waals surface area contributed by atoms with Crippen molar-refractivity contribution in [3.63, 3.8) is 0 Å². The molecule has 0 aliphatic carbocycles. The van der Waals surface area contributed by atoms with Crippen molar-refractivity contribution in [2.75, 3.05) is 31.1 Å². The molecule has 2 aliphatic heterocycles. The minimum absolute atomic E-state index is 0.0154. The Morgan fingerprint density at radius 3 is 2.55 bits per heavy atom. The number of piperidine rings is 2. The normalized spacial score (nSPS) is 20.3. The molecule has 1 atom stereocenters. The molecule has 1 aromatic rings. The van der Waals surface area contributed by atoms with E-state index in [9.17, 15) is 9.59 Å². The standard InChI is InChI=1S/C22H34N4O3/c1-22(2,3)29-21(28)26-13-7-8-18(16-26)20(27)24-15-17-9-10-19(23-14-17)25-11-5-4-6-12-25/h9-10,14,18H,4-8,11-13,15-16H2,1-3H3,(H,24,27). The number of hydrogen-bond donors (Lipinski definition) is 1. The highest BCUT2D eigenvalue weighted by molar-refractivity contribution is 5.80. The molecule has 1 unspecified atom stereocenters. The fourth-order valence-corrected chi connectivity index (χ4v) is 3.85. The summed E-state index contributed by atoms with van der Waals surface area (Å²) >= 11 is 0. The zero-order valence-electron chi connectivity index (χ0n) is 17.9. The molecule has 2 saturated heterocycles. The van der Waals surface area contributed by atoms with Gasteiger partial charge in [-0.2, -0.15) is 0 Å². The molecule has 1 aromatic heterocycles. The maximum absolute atomic E-state index is 12.6. The number of likely N-dealkylation sites (tertiary alicyclic amines) is 1. The van der Waals surface area contributed by atoms with Gasteiger partial charge in [0.2, 0.25) is 5.91 Å². The van der Waals surface area contributed by atoms with E-state index in [0.717, 1.165) is 37.3 Å². The predicted molar refractivity (Wildman–Crippen MR) is 113 cm³/mol. The third-order valence-corrected chi connectivity index (χ3v) is 5.40. The second-order valence-electron chi connectivity index (χ2n) is 9.06. The summed E-state index contributed by atoms with van der Waals surface area (Å²) in [4.78, 5) is 33.4. The van der Waals surface area contributed by atoms with Crippen LogP contribution in [-0.2, 0) is 16.1 Å². The molecule has 1 N–H and O–H groups in total. The number of rotatable bonds is 4. The number of pyridine rings is 1. The zero-order chi connectivity index (χ0) is 20.9. The lowest BCUT2D eigenvalue weighted by Crippen LogP contribution is -2.46. The fraction of sp³-hybridized carbons (Fsp3) is 0.682. The van der Waals surface area contributed by atoms with Crippen molar-refractivity contribution < 1.29 is 14.3 Å². The van der Waals surface area contributed by atoms with Gasteiger partial charge in [0.05, 0.1) is 5.92 Å². The Kier molecular flexibility index (Phi) is 6.98. The summed E-state index contributed by atoms with van der Waals surface area (Å²) in [6, 6.07) is 4.07. The van der Waals surface area contributed by atoms with Crippen molar-refractivity contribution in [3.8, 4) is 0 Å². The highest BCUT2D eigenvalue weighted by Gasteiger charge is 2.30. The van der Waals surface area contributed by atoms with Gasteiger partial charge in [-0.25, -0.2) is 9.78 Å². The van der Waals surface area contributed by atoms with Crippen LogP contribution in [0.4, 0.5) is 10.6 Å². The first kappa shape index (κ1) is 21.4. The molecule has 0 spiro atoms. The van der Waals surface area contributed by atoms with Crippen molar-refractivity contribution >= 4 is 17.8 Å². The molecule has 2 aliphatic rings. The number of ether oxygens (including phenoxy) is 1. The van der Waals surface area contributed by atoms with E-state index in [1.165, 1.54) is 19.3 Å². The molecule has 2 fully saturated rings. The van der Waals surface area contributed by atoms with Crippen LogP contribution in [0.15, 0.2) is 18.3 Å². The largest absolute Gasteiger partial charge is 0.444 e. The van der Waals surface area contributed by atoms with Gasteiger partial charge >= 0.3 is 6.09 Å². The van der Waals surface area contributed by atoms with Gasteiger partial charge in [0, 0.05) is 38.9 Å². The van der Waals surface area contributed by atoms with E-state index in [0.29, 0.717) is 19.6 Å². The van der Waals surface area contributed by atoms with Crippen molar-refractivity contribution in [1.29, 1.82) is 0 Å². The number of carbonyl (C=O) groups excluding carboxylic acids is 2. The number of nitrogens with zero attached hydrogens (tertiary/aromatic N) is 3. The van der Waals surface area contributed by atoms with Gasteiger partial charge in [-0.15, -0.1) is 0 Å². The monoisotopic (exact) mass is 402 g/mol. The van der Waals surface area contributed by atoms with Gasteiger partial charge in [-0.1, -0.05) is 6.07 Å². The Bertz CT molecular complexity index is 693. The zero-order valence-corrected chi connectivity index (χ0v) is 17.9. The average molecular weight is 403 g/mol. The summed E-state index contributed by atoms with van der Waals surface area (Å²) in [6.45, 7) is 9.19. The summed E-state index contributed by atoms with van der Waals surface area (Å²) in [5.74, 6) is 0.801. The third kappa shape index (κ3) is 6.34. The van der Waals surface area contributed by atoms with Gasteiger partial charge in [-0.05, 0) is 64.5 Å². The van der Waals surface area contributed by atoms with Crippen LogP contribution in [0.1, 0.15) is 58.4 Å². The highest BCUT2D eigenvalue weighted by atomic mass is 16.6. The smallest absolute Gasteiger partial charge is 0.410 e. The Balaban J connectivity index is 1.47. The molecule has 3 rings (SSSR count). The fourth-order valence-electron chi connectivity index (χ4n) is 3.85. The van der Waals surface area contributed by atoms with Crippen molar-refractivity contribution in [1.82, 2.24) is 15.2 Å². The first-order valence-corrected chi connectivity index (χ1v) is 10.8. The van der Waals surface area contributed by atoms with Crippen LogP contribution in [0.3, 0.4) is 0 Å². The lowest BCUT2D eigenvalue weighted by molar-refractivity contribution is -0.126. The molecular weight excluding hydrogens is 368 g/mol. The van der Waals surface area contributed by atoms with E-state index in [2.05, 4.69) is 15.2 Å². The van der Waals surface area contributed by atoms with Gasteiger partial charge < -0.3 is 19.9 Å². The molecule has 160 valence electrons. The quantitative estimate of drug-likeness (QED) is 0.836. The predicted octanol–water partition coefficient (Wildman–Crippen LogP) is 3.34. The van der Waals surface area contributed by atoms with E-state index < -0.39 is 5.60 Å². The molecule has 0 radical (unpaired) electrons. The molecule has 7 heteroatoms. The molecule has 0 saturated carbocycles. The number of anilines is 1. The summed E-state index contributed by atoms with van der Waals surface area (Å²) < 4.78 is 5.44. The van der Waals surface area contributed by atoms with E-state index in [4.69, 9.17) is 4.74 Å². The lowest BCUT2D eigenvalue weighted by Gasteiger charge is -2.33. The average Bonchev–Trinajstić information content (AvgIpc) is 2.72. The van der Waals surface area contributed by atoms with Crippen LogP contribution in [-0.4, -0.2) is 53.7 Å². The SMILES string of the molecule is CC(C)(C)OC(=O)N1CCCC(C(=O)NCc2ccc(N3CCCCC3)nc2)C1. The second kappa shape index (κ2) is 9.46. The topological polar surface area (TPSA) is 74.8 Å². The van der Waals surface area contributed by atoms with Gasteiger partial charge in [0.1, 0.15) is 11.4 Å². The van der Waals surface area contributed by atoms with Crippen LogP contribution in [0.2, 0.25) is 0 Å². The van der Waals surface area contributed by atoms with E-state index in [1.54, 1.807) is 4.90 Å². The minimum atomic E-state index is -0.528. The van der Waals surface area contributed by atoms with Gasteiger partial charge in [-0.3, -0.25) is 4.79 Å². The van der Waals surface area contributed by atoms with E-state index in [1.807, 2.05) is 39.1 Å². The number of carbonyl (C=O) groups is 2. The maximum atomic E-state index is 12.6. The molecule has 2 amide bonds. The molecule has 0 bridgehead atoms. The number of hydrogen-bond acceptors (Lipinski definition) is 5. The Labute approximate surface area is 173 Å². The van der Waals surface area contributed by atoms with Crippen LogP contribution in [0.25, 0.3) is 0 Å². The van der Waals surface area contributed by atoms with E-state index in [-0.39, 0.29) is 17.9 Å². The number of amides is 2. The minimum Gasteiger partial charge on any atom is -0.444 e. The first-order valence-electron chi connectivity index (χ1n) is 10.8. The summed E-state index contributed by atoms with van der Waals surface area (Å²) in [7, 11) is 0. The third-order valence-electron chi connectivity index (χ3n) is 5.40. The molecule has 3 heterocycles. The maximum Gasteiger partial charge on any atom is 0.410 e. The van der Waals surface area contributed by atoms with Crippen LogP contribution >= 0.6 is 0 Å². The van der Waals surface area contributed by atoms with E-state index >= 15 is 0 Å². The van der Waals surface area contributed by atoms with Gasteiger partial charge in [0.25, 0.3) is 0 Å². The van der Waals surface area contributed by atoms with Crippen molar-refractivity contribution in [3.05, 3.63) is 23.9 Å². The summed E-state index contributed by atoms with van der Waals surface area (Å²) in [5, 5.41) is 3.00. The Morgan fingerprint density at radius 1 is 1.14 bits per heavy atom. The lowest BCUT2D eigenvalue weighted by atomic mass is 9.97. The summed E-state index contributed by atoms with van der Waals surface area (Å²) in [5.41, 5.74) is 0.457. The molecular formula is C22H34N4O3. The summed E-state index contributed by atoms with van der Waals surface area (Å²) in [6.07, 6.45) is 6.85. The first-order chi connectivity index (χ1) is 13.8. The van der Waals surface area contributed by atoms with Gasteiger partial charge in [0.15, 0.2) is 0 Å². The number of aromatic nitrogens is 1. The van der Waals surface area contributed by atoms with Crippen LogP contribution in [0.5, 0.6) is 0 Å². The highest BCUT2D eigenvalue weighted by Crippen LogP contribution is 2.20. The Hall–Kier alpha value is -2.31. The van der Waals surface area contributed by atoms with Crippen LogP contribution < -0.4 is 10.2 Å². The van der Waals surface area contributed by atoms with Crippen LogP contribution in [0, 0.1) is 5.92 Å².